The zero-order chi connectivity index (χ0) is 10.6. The first-order chi connectivity index (χ1) is 6.55. The highest BCUT2D eigenvalue weighted by molar-refractivity contribution is 5.37. The van der Waals surface area contributed by atoms with Gasteiger partial charge in [0.15, 0.2) is 0 Å². The molecule has 0 bridgehead atoms. The van der Waals surface area contributed by atoms with E-state index < -0.39 is 0 Å². The van der Waals surface area contributed by atoms with Crippen molar-refractivity contribution in [1.29, 1.82) is 0 Å². The molecule has 0 saturated heterocycles. The zero-order valence-corrected chi connectivity index (χ0v) is 8.87. The van der Waals surface area contributed by atoms with E-state index in [2.05, 4.69) is 31.8 Å². The molecule has 1 aromatic rings. The van der Waals surface area contributed by atoms with Crippen LogP contribution in [0, 0.1) is 0 Å². The topological polar surface area (TPSA) is 29.4 Å². The molecule has 0 aliphatic heterocycles. The van der Waals surface area contributed by atoms with E-state index in [-0.39, 0.29) is 5.41 Å². The van der Waals surface area contributed by atoms with Crippen LogP contribution < -0.4 is 0 Å². The zero-order valence-electron chi connectivity index (χ0n) is 8.87. The van der Waals surface area contributed by atoms with Gasteiger partial charge in [-0.05, 0) is 16.5 Å². The van der Waals surface area contributed by atoms with Crippen molar-refractivity contribution in [2.24, 2.45) is 4.99 Å². The first-order valence-electron chi connectivity index (χ1n) is 4.67. The van der Waals surface area contributed by atoms with Crippen molar-refractivity contribution < 1.29 is 4.79 Å². The number of hydrogen-bond donors (Lipinski definition) is 0. The lowest BCUT2D eigenvalue weighted by Gasteiger charge is -2.21. The highest BCUT2D eigenvalue weighted by Crippen LogP contribution is 2.25. The van der Waals surface area contributed by atoms with Gasteiger partial charge in [0, 0.05) is 0 Å². The Morgan fingerprint density at radius 2 is 1.93 bits per heavy atom. The van der Waals surface area contributed by atoms with Crippen LogP contribution in [-0.4, -0.2) is 6.08 Å². The Kier molecular flexibility index (Phi) is 3.21. The minimum atomic E-state index is 0.0923. The van der Waals surface area contributed by atoms with E-state index in [1.54, 1.807) is 6.08 Å². The fraction of sp³-hybridized carbons (Fsp3) is 0.417. The third-order valence-electron chi connectivity index (χ3n) is 2.14. The number of nitrogens with zero attached hydrogens (tertiary/aromatic N) is 1. The molecule has 0 spiro atoms. The summed E-state index contributed by atoms with van der Waals surface area (Å²) in [6.07, 6.45) is 1.57. The molecule has 1 rings (SSSR count). The van der Waals surface area contributed by atoms with Crippen LogP contribution in [0.3, 0.4) is 0 Å². The molecule has 0 radical (unpaired) electrons. The molecule has 2 heteroatoms. The molecule has 1 aromatic carbocycles. The summed E-state index contributed by atoms with van der Waals surface area (Å²) in [5.74, 6) is 0. The minimum Gasteiger partial charge on any atom is -0.211 e. The molecule has 2 nitrogen and oxygen atoms in total. The van der Waals surface area contributed by atoms with Gasteiger partial charge in [-0.25, -0.2) is 9.79 Å². The van der Waals surface area contributed by atoms with E-state index in [1.165, 1.54) is 5.56 Å². The van der Waals surface area contributed by atoms with E-state index in [0.717, 1.165) is 5.56 Å². The van der Waals surface area contributed by atoms with Crippen LogP contribution in [0.15, 0.2) is 29.3 Å². The van der Waals surface area contributed by atoms with E-state index in [0.29, 0.717) is 6.54 Å². The standard InChI is InChI=1S/C12H15NO/c1-12(2,3)11-7-5-4-6-10(11)8-13-9-14/h4-7H,8H2,1-3H3. The van der Waals surface area contributed by atoms with Gasteiger partial charge in [-0.3, -0.25) is 0 Å². The monoisotopic (exact) mass is 189 g/mol. The smallest absolute Gasteiger partial charge is 0.211 e. The summed E-state index contributed by atoms with van der Waals surface area (Å²) in [5, 5.41) is 0. The molecule has 0 amide bonds. The number of carbonyl (C=O) groups excluding carboxylic acids is 1. The Morgan fingerprint density at radius 3 is 2.50 bits per heavy atom. The first kappa shape index (κ1) is 10.7. The Labute approximate surface area is 84.7 Å². The van der Waals surface area contributed by atoms with Crippen LogP contribution in [0.4, 0.5) is 0 Å². The number of isocyanates is 1. The van der Waals surface area contributed by atoms with Gasteiger partial charge in [0.1, 0.15) is 0 Å². The van der Waals surface area contributed by atoms with E-state index >= 15 is 0 Å². The van der Waals surface area contributed by atoms with Gasteiger partial charge in [0.2, 0.25) is 6.08 Å². The normalized spacial score (nSPS) is 10.8. The number of hydrogen-bond acceptors (Lipinski definition) is 2. The lowest BCUT2D eigenvalue weighted by molar-refractivity contribution is 0.561. The van der Waals surface area contributed by atoms with E-state index in [9.17, 15) is 4.79 Å². The minimum absolute atomic E-state index is 0.0923. The molecular weight excluding hydrogens is 174 g/mol. The van der Waals surface area contributed by atoms with Crippen molar-refractivity contribution in [2.45, 2.75) is 32.7 Å². The second kappa shape index (κ2) is 4.21. The van der Waals surface area contributed by atoms with Crippen LogP contribution in [0.2, 0.25) is 0 Å². The summed E-state index contributed by atoms with van der Waals surface area (Å²) < 4.78 is 0. The number of rotatable bonds is 2. The number of benzene rings is 1. The van der Waals surface area contributed by atoms with E-state index in [1.807, 2.05) is 18.2 Å². The van der Waals surface area contributed by atoms with Gasteiger partial charge in [0.05, 0.1) is 6.54 Å². The highest BCUT2D eigenvalue weighted by Gasteiger charge is 2.16. The highest BCUT2D eigenvalue weighted by atomic mass is 16.1. The third-order valence-corrected chi connectivity index (χ3v) is 2.14. The Morgan fingerprint density at radius 1 is 1.29 bits per heavy atom. The van der Waals surface area contributed by atoms with Crippen LogP contribution in [0.5, 0.6) is 0 Å². The summed E-state index contributed by atoms with van der Waals surface area (Å²) in [7, 11) is 0. The molecule has 0 aliphatic carbocycles. The molecule has 74 valence electrons. The van der Waals surface area contributed by atoms with Crippen molar-refractivity contribution >= 4 is 6.08 Å². The predicted octanol–water partition coefficient (Wildman–Crippen LogP) is 2.82. The maximum Gasteiger partial charge on any atom is 0.235 e. The molecule has 0 fully saturated rings. The molecule has 0 N–H and O–H groups in total. The predicted molar refractivity (Wildman–Crippen MR) is 57.0 cm³/mol. The summed E-state index contributed by atoms with van der Waals surface area (Å²) >= 11 is 0. The maximum absolute atomic E-state index is 10.0. The Balaban J connectivity index is 3.09. The Hall–Kier alpha value is -1.40. The summed E-state index contributed by atoms with van der Waals surface area (Å²) in [4.78, 5) is 13.7. The second-order valence-electron chi connectivity index (χ2n) is 4.31. The molecule has 0 unspecified atom stereocenters. The molecule has 14 heavy (non-hydrogen) atoms. The maximum atomic E-state index is 10.0. The largest absolute Gasteiger partial charge is 0.235 e. The fourth-order valence-electron chi connectivity index (χ4n) is 1.51. The Bertz CT molecular complexity index is 357. The van der Waals surface area contributed by atoms with Gasteiger partial charge in [-0.2, -0.15) is 0 Å². The second-order valence-corrected chi connectivity index (χ2v) is 4.31. The molecule has 0 aromatic heterocycles. The summed E-state index contributed by atoms with van der Waals surface area (Å²) in [6, 6.07) is 8.05. The summed E-state index contributed by atoms with van der Waals surface area (Å²) in [6.45, 7) is 6.88. The van der Waals surface area contributed by atoms with Gasteiger partial charge in [-0.1, -0.05) is 45.0 Å². The summed E-state index contributed by atoms with van der Waals surface area (Å²) in [5.41, 5.74) is 2.43. The van der Waals surface area contributed by atoms with Crippen LogP contribution in [0.25, 0.3) is 0 Å². The molecular formula is C12H15NO. The van der Waals surface area contributed by atoms with Crippen molar-refractivity contribution in [3.8, 4) is 0 Å². The van der Waals surface area contributed by atoms with Crippen LogP contribution in [-0.2, 0) is 16.8 Å². The fourth-order valence-corrected chi connectivity index (χ4v) is 1.51. The van der Waals surface area contributed by atoms with Crippen molar-refractivity contribution in [2.75, 3.05) is 0 Å². The third kappa shape index (κ3) is 2.54. The number of aliphatic imine (C=N–C) groups is 1. The van der Waals surface area contributed by atoms with Gasteiger partial charge in [-0.15, -0.1) is 0 Å². The van der Waals surface area contributed by atoms with Gasteiger partial charge in [0.25, 0.3) is 0 Å². The average Bonchev–Trinajstić information content (AvgIpc) is 2.14. The molecule has 0 atom stereocenters. The van der Waals surface area contributed by atoms with E-state index in [4.69, 9.17) is 0 Å². The first-order valence-corrected chi connectivity index (χ1v) is 4.67. The molecule has 0 aliphatic rings. The van der Waals surface area contributed by atoms with Crippen molar-refractivity contribution in [1.82, 2.24) is 0 Å². The van der Waals surface area contributed by atoms with Gasteiger partial charge < -0.3 is 0 Å². The quantitative estimate of drug-likeness (QED) is 0.519. The van der Waals surface area contributed by atoms with Crippen molar-refractivity contribution in [3.05, 3.63) is 35.4 Å². The lowest BCUT2D eigenvalue weighted by Crippen LogP contribution is -2.13. The molecule has 0 heterocycles. The SMILES string of the molecule is CC(C)(C)c1ccccc1CN=C=O. The van der Waals surface area contributed by atoms with Crippen LogP contribution in [0.1, 0.15) is 31.9 Å². The average molecular weight is 189 g/mol. The van der Waals surface area contributed by atoms with Crippen molar-refractivity contribution in [3.63, 3.8) is 0 Å². The van der Waals surface area contributed by atoms with Gasteiger partial charge >= 0.3 is 0 Å². The lowest BCUT2D eigenvalue weighted by atomic mass is 9.84. The van der Waals surface area contributed by atoms with Crippen LogP contribution >= 0.6 is 0 Å². The molecule has 0 saturated carbocycles.